The lowest BCUT2D eigenvalue weighted by Gasteiger charge is -2.13. The highest BCUT2D eigenvalue weighted by Gasteiger charge is 2.14. The molecular weight excluding hydrogens is 382 g/mol. The van der Waals surface area contributed by atoms with Gasteiger partial charge in [-0.05, 0) is 66.7 Å². The molecule has 2 N–H and O–H groups in total. The van der Waals surface area contributed by atoms with Crippen LogP contribution in [0.4, 0.5) is 11.4 Å². The van der Waals surface area contributed by atoms with E-state index >= 15 is 0 Å². The second-order valence-electron chi connectivity index (χ2n) is 6.24. The van der Waals surface area contributed by atoms with Crippen LogP contribution >= 0.6 is 0 Å². The highest BCUT2D eigenvalue weighted by Crippen LogP contribution is 2.25. The van der Waals surface area contributed by atoms with Crippen LogP contribution in [0.2, 0.25) is 0 Å². The summed E-state index contributed by atoms with van der Waals surface area (Å²) in [7, 11) is 3.09. The van der Waals surface area contributed by atoms with Crippen molar-refractivity contribution < 1.29 is 19.1 Å². The standard InChI is InChI=1S/C23H19N3O4/c1-29-18-8-4-16(5-9-18)22(27)25-20-12-3-15(14-24)13-21(20)26-23(28)17-6-10-19(30-2)11-7-17/h3-13H,1-2H3,(H,25,27)(H,26,28). The van der Waals surface area contributed by atoms with Gasteiger partial charge in [-0.1, -0.05) is 0 Å². The summed E-state index contributed by atoms with van der Waals surface area (Å²) in [5.74, 6) is 0.526. The molecular formula is C23H19N3O4. The zero-order valence-electron chi connectivity index (χ0n) is 16.4. The van der Waals surface area contributed by atoms with E-state index in [0.717, 1.165) is 0 Å². The van der Waals surface area contributed by atoms with Crippen LogP contribution in [0.3, 0.4) is 0 Å². The van der Waals surface area contributed by atoms with Crippen molar-refractivity contribution in [2.24, 2.45) is 0 Å². The zero-order valence-corrected chi connectivity index (χ0v) is 16.4. The molecule has 150 valence electrons. The first-order valence-corrected chi connectivity index (χ1v) is 8.99. The van der Waals surface area contributed by atoms with Crippen molar-refractivity contribution in [3.8, 4) is 17.6 Å². The smallest absolute Gasteiger partial charge is 0.255 e. The number of anilines is 2. The average molecular weight is 401 g/mol. The number of carbonyl (C=O) groups is 2. The Morgan fingerprint density at radius 2 is 1.20 bits per heavy atom. The number of hydrogen-bond acceptors (Lipinski definition) is 5. The Morgan fingerprint density at radius 3 is 1.63 bits per heavy atom. The highest BCUT2D eigenvalue weighted by atomic mass is 16.5. The summed E-state index contributed by atoms with van der Waals surface area (Å²) >= 11 is 0. The largest absolute Gasteiger partial charge is 0.497 e. The average Bonchev–Trinajstić information content (AvgIpc) is 2.80. The minimum atomic E-state index is -0.382. The Balaban J connectivity index is 1.83. The molecule has 0 aromatic heterocycles. The van der Waals surface area contributed by atoms with Crippen molar-refractivity contribution in [1.29, 1.82) is 5.26 Å². The molecule has 0 heterocycles. The Morgan fingerprint density at radius 1 is 0.733 bits per heavy atom. The van der Waals surface area contributed by atoms with Gasteiger partial charge in [-0.15, -0.1) is 0 Å². The number of nitriles is 1. The summed E-state index contributed by atoms with van der Waals surface area (Å²) in [6.45, 7) is 0. The van der Waals surface area contributed by atoms with E-state index in [9.17, 15) is 14.9 Å². The Hall–Kier alpha value is -4.31. The second-order valence-corrected chi connectivity index (χ2v) is 6.24. The van der Waals surface area contributed by atoms with E-state index in [-0.39, 0.29) is 11.8 Å². The molecule has 0 aliphatic rings. The zero-order chi connectivity index (χ0) is 21.5. The third-order valence-corrected chi connectivity index (χ3v) is 4.35. The van der Waals surface area contributed by atoms with Crippen LogP contribution in [0.15, 0.2) is 66.7 Å². The van der Waals surface area contributed by atoms with E-state index in [1.807, 2.05) is 6.07 Å². The number of nitrogens with zero attached hydrogens (tertiary/aromatic N) is 1. The van der Waals surface area contributed by atoms with Crippen molar-refractivity contribution in [2.45, 2.75) is 0 Å². The number of carbonyl (C=O) groups excluding carboxylic acids is 2. The van der Waals surface area contributed by atoms with Crippen LogP contribution in [0.25, 0.3) is 0 Å². The third-order valence-electron chi connectivity index (χ3n) is 4.35. The number of hydrogen-bond donors (Lipinski definition) is 2. The third kappa shape index (κ3) is 4.75. The van der Waals surface area contributed by atoms with Crippen LogP contribution in [0.1, 0.15) is 26.3 Å². The fraction of sp³-hybridized carbons (Fsp3) is 0.0870. The van der Waals surface area contributed by atoms with Crippen LogP contribution in [-0.4, -0.2) is 26.0 Å². The number of nitrogens with one attached hydrogen (secondary N) is 2. The Labute approximate surface area is 173 Å². The summed E-state index contributed by atoms with van der Waals surface area (Å²) in [5, 5.41) is 14.7. The SMILES string of the molecule is COc1ccc(C(=O)Nc2ccc(C#N)cc2NC(=O)c2ccc(OC)cc2)cc1. The molecule has 2 amide bonds. The first-order valence-electron chi connectivity index (χ1n) is 8.99. The predicted octanol–water partition coefficient (Wildman–Crippen LogP) is 4.08. The molecule has 0 aliphatic carbocycles. The summed E-state index contributed by atoms with van der Waals surface area (Å²) < 4.78 is 10.2. The monoisotopic (exact) mass is 401 g/mol. The summed E-state index contributed by atoms with van der Waals surface area (Å²) in [6, 6.07) is 19.9. The minimum absolute atomic E-state index is 0.316. The molecule has 0 spiro atoms. The van der Waals surface area contributed by atoms with E-state index in [1.165, 1.54) is 6.07 Å². The summed E-state index contributed by atoms with van der Waals surface area (Å²) in [6.07, 6.45) is 0. The topological polar surface area (TPSA) is 100 Å². The second kappa shape index (κ2) is 9.26. The van der Waals surface area contributed by atoms with Gasteiger partial charge in [0.2, 0.25) is 0 Å². The molecule has 0 bridgehead atoms. The molecule has 0 radical (unpaired) electrons. The summed E-state index contributed by atoms with van der Waals surface area (Å²) in [4.78, 5) is 25.2. The Bertz CT molecular complexity index is 1100. The van der Waals surface area contributed by atoms with Gasteiger partial charge in [-0.25, -0.2) is 0 Å². The fourth-order valence-corrected chi connectivity index (χ4v) is 2.70. The van der Waals surface area contributed by atoms with Gasteiger partial charge in [-0.3, -0.25) is 9.59 Å². The van der Waals surface area contributed by atoms with E-state index in [0.29, 0.717) is 39.6 Å². The molecule has 0 atom stereocenters. The lowest BCUT2D eigenvalue weighted by Crippen LogP contribution is -2.17. The number of ether oxygens (including phenoxy) is 2. The molecule has 3 aromatic rings. The van der Waals surface area contributed by atoms with Crippen LogP contribution in [0, 0.1) is 11.3 Å². The van der Waals surface area contributed by atoms with Crippen LogP contribution in [-0.2, 0) is 0 Å². The molecule has 3 rings (SSSR count). The molecule has 0 saturated heterocycles. The van der Waals surface area contributed by atoms with Crippen molar-refractivity contribution in [1.82, 2.24) is 0 Å². The summed E-state index contributed by atoms with van der Waals surface area (Å²) in [5.41, 5.74) is 1.87. The molecule has 30 heavy (non-hydrogen) atoms. The lowest BCUT2D eigenvalue weighted by atomic mass is 10.1. The number of benzene rings is 3. The molecule has 0 saturated carbocycles. The molecule has 3 aromatic carbocycles. The van der Waals surface area contributed by atoms with E-state index in [2.05, 4.69) is 10.6 Å². The van der Waals surface area contributed by atoms with E-state index < -0.39 is 0 Å². The van der Waals surface area contributed by atoms with Crippen molar-refractivity contribution >= 4 is 23.2 Å². The van der Waals surface area contributed by atoms with Gasteiger partial charge in [0.1, 0.15) is 11.5 Å². The normalized spacial score (nSPS) is 9.90. The highest BCUT2D eigenvalue weighted by molar-refractivity contribution is 6.10. The first-order chi connectivity index (χ1) is 14.5. The number of amides is 2. The minimum Gasteiger partial charge on any atom is -0.497 e. The fourth-order valence-electron chi connectivity index (χ4n) is 2.70. The van der Waals surface area contributed by atoms with E-state index in [4.69, 9.17) is 9.47 Å². The number of rotatable bonds is 6. The van der Waals surface area contributed by atoms with Gasteiger partial charge < -0.3 is 20.1 Å². The van der Waals surface area contributed by atoms with Gasteiger partial charge in [0.05, 0.1) is 37.2 Å². The van der Waals surface area contributed by atoms with Crippen molar-refractivity contribution in [3.05, 3.63) is 83.4 Å². The first kappa shape index (κ1) is 20.4. The van der Waals surface area contributed by atoms with Gasteiger partial charge in [0, 0.05) is 11.1 Å². The van der Waals surface area contributed by atoms with Gasteiger partial charge >= 0.3 is 0 Å². The maximum atomic E-state index is 12.6. The molecule has 0 aliphatic heterocycles. The van der Waals surface area contributed by atoms with Gasteiger partial charge in [0.15, 0.2) is 0 Å². The van der Waals surface area contributed by atoms with Crippen LogP contribution < -0.4 is 20.1 Å². The number of methoxy groups -OCH3 is 2. The Kier molecular flexibility index (Phi) is 6.30. The lowest BCUT2D eigenvalue weighted by molar-refractivity contribution is 0.101. The molecule has 0 fully saturated rings. The van der Waals surface area contributed by atoms with Crippen molar-refractivity contribution in [2.75, 3.05) is 24.9 Å². The van der Waals surface area contributed by atoms with Gasteiger partial charge in [0.25, 0.3) is 11.8 Å². The van der Waals surface area contributed by atoms with Crippen molar-refractivity contribution in [3.63, 3.8) is 0 Å². The molecule has 7 heteroatoms. The predicted molar refractivity (Wildman–Crippen MR) is 113 cm³/mol. The van der Waals surface area contributed by atoms with Crippen LogP contribution in [0.5, 0.6) is 11.5 Å². The molecule has 0 unspecified atom stereocenters. The van der Waals surface area contributed by atoms with Gasteiger partial charge in [-0.2, -0.15) is 5.26 Å². The van der Waals surface area contributed by atoms with E-state index in [1.54, 1.807) is 74.9 Å². The maximum Gasteiger partial charge on any atom is 0.255 e. The molecule has 7 nitrogen and oxygen atoms in total. The maximum absolute atomic E-state index is 12.6. The quantitative estimate of drug-likeness (QED) is 0.648.